The van der Waals surface area contributed by atoms with Crippen LogP contribution in [0.1, 0.15) is 50.9 Å². The predicted molar refractivity (Wildman–Crippen MR) is 253 cm³/mol. The second-order valence-corrected chi connectivity index (χ2v) is 27.5. The second kappa shape index (κ2) is 19.4. The molecular weight excluding hydrogens is 903 g/mol. The van der Waals surface area contributed by atoms with E-state index in [1.165, 1.54) is 0 Å². The molecule has 0 aliphatic carbocycles. The maximum absolute atomic E-state index is 16.8. The molecule has 0 saturated heterocycles. The van der Waals surface area contributed by atoms with Gasteiger partial charge in [-0.15, -0.1) is 0 Å². The van der Waals surface area contributed by atoms with Gasteiger partial charge in [-0.05, 0) is 138 Å². The van der Waals surface area contributed by atoms with Gasteiger partial charge in [0.2, 0.25) is 0 Å². The van der Waals surface area contributed by atoms with Gasteiger partial charge in [-0.2, -0.15) is 0 Å². The van der Waals surface area contributed by atoms with Crippen LogP contribution in [0, 0.1) is 114 Å². The Morgan fingerprint density at radius 3 is 1.06 bits per heavy atom. The zero-order valence-corrected chi connectivity index (χ0v) is 40.9. The third kappa shape index (κ3) is 9.42. The molecule has 340 valence electrons. The summed E-state index contributed by atoms with van der Waals surface area (Å²) >= 11 is 0. The van der Waals surface area contributed by atoms with Crippen molar-refractivity contribution in [1.29, 1.82) is 0 Å². The van der Waals surface area contributed by atoms with Gasteiger partial charge in [0.25, 0.3) is 6.71 Å². The fraction of sp³-hybridized carbons (Fsp3) is 0.255. The highest BCUT2D eigenvalue weighted by Crippen LogP contribution is 2.53. The van der Waals surface area contributed by atoms with Gasteiger partial charge >= 0.3 is 0 Å². The summed E-state index contributed by atoms with van der Waals surface area (Å²) in [7, 11) is -6.62. The molecule has 0 amide bonds. The van der Waals surface area contributed by atoms with E-state index in [1.807, 2.05) is 124 Å². The monoisotopic (exact) mass is 952 g/mol. The molecule has 0 heterocycles. The number of hydrogen-bond donors (Lipinski definition) is 0. The highest BCUT2D eigenvalue weighted by Gasteiger charge is 2.45. The van der Waals surface area contributed by atoms with Gasteiger partial charge in [0.05, 0.1) is 8.07 Å². The molecule has 0 spiro atoms. The fourth-order valence-electron chi connectivity index (χ4n) is 9.37. The number of allylic oxidation sites excluding steroid dienone is 1. The van der Waals surface area contributed by atoms with E-state index in [-0.39, 0.29) is 18.1 Å². The van der Waals surface area contributed by atoms with E-state index >= 15 is 35.1 Å². The third-order valence-corrected chi connectivity index (χ3v) is 22.1. The van der Waals surface area contributed by atoms with Crippen molar-refractivity contribution in [3.05, 3.63) is 186 Å². The fourth-order valence-corrected chi connectivity index (χ4v) is 19.7. The zero-order chi connectivity index (χ0) is 48.1. The molecule has 0 N–H and O–H groups in total. The number of rotatable bonds is 12. The normalized spacial score (nSPS) is 12.4. The Bertz CT molecular complexity index is 2610. The Morgan fingerprint density at radius 1 is 0.446 bits per heavy atom. The van der Waals surface area contributed by atoms with Gasteiger partial charge in [0.15, 0.2) is 58.2 Å². The summed E-state index contributed by atoms with van der Waals surface area (Å²) in [5.74, 6) is -24.6. The van der Waals surface area contributed by atoms with E-state index in [9.17, 15) is 8.78 Å². The van der Waals surface area contributed by atoms with Gasteiger partial charge < -0.3 is 0 Å². The average molecular weight is 953 g/mol. The lowest BCUT2D eigenvalue weighted by molar-refractivity contribution is 0.382. The predicted octanol–water partition coefficient (Wildman–Crippen LogP) is 12.5. The molecule has 65 heavy (non-hydrogen) atoms. The van der Waals surface area contributed by atoms with Crippen LogP contribution in [0.5, 0.6) is 0 Å². The summed E-state index contributed by atoms with van der Waals surface area (Å²) < 4.78 is 160. The first-order chi connectivity index (χ1) is 30.4. The molecule has 0 unspecified atom stereocenters. The van der Waals surface area contributed by atoms with Crippen molar-refractivity contribution >= 4 is 62.8 Å². The van der Waals surface area contributed by atoms with Crippen LogP contribution in [0.25, 0.3) is 0 Å². The van der Waals surface area contributed by atoms with Crippen LogP contribution < -0.4 is 32.1 Å². The molecule has 6 aromatic rings. The average Bonchev–Trinajstić information content (AvgIpc) is 3.22. The molecule has 0 bridgehead atoms. The topological polar surface area (TPSA) is 0 Å². The zero-order valence-electron chi connectivity index (χ0n) is 38.1. The van der Waals surface area contributed by atoms with Crippen molar-refractivity contribution in [3.8, 4) is 0 Å². The molecule has 0 atom stereocenters. The van der Waals surface area contributed by atoms with Gasteiger partial charge in [-0.25, -0.2) is 43.9 Å². The molecule has 0 aliphatic rings. The van der Waals surface area contributed by atoms with Crippen LogP contribution in [0.4, 0.5) is 43.9 Å². The molecule has 14 heteroatoms. The maximum atomic E-state index is 16.8. The van der Waals surface area contributed by atoms with Gasteiger partial charge in [0.1, 0.15) is 0 Å². The SMILES string of the molecule is Cc1cc(C)c(P(CC/C(B(c2c(F)c(F)c(F)c(F)c2F)c2c(F)c(F)c(F)c(F)c2F)=C(/P(c2ccccc2C)c2ccccc2C)[Si](C)(C)C)c2c(C)cc(C)cc2C)c(C)c1. The van der Waals surface area contributed by atoms with E-state index in [1.54, 1.807) is 24.3 Å². The minimum Gasteiger partial charge on any atom is -0.204 e. The first-order valence-electron chi connectivity index (χ1n) is 21.0. The van der Waals surface area contributed by atoms with Crippen LogP contribution in [-0.2, 0) is 0 Å². The lowest BCUT2D eigenvalue weighted by Crippen LogP contribution is -2.54. The van der Waals surface area contributed by atoms with Crippen LogP contribution in [-0.4, -0.2) is 20.9 Å². The van der Waals surface area contributed by atoms with Crippen molar-refractivity contribution in [2.45, 2.75) is 81.5 Å². The van der Waals surface area contributed by atoms with Crippen molar-refractivity contribution in [3.63, 3.8) is 0 Å². The molecule has 0 radical (unpaired) electrons. The minimum atomic E-state index is -3.18. The summed E-state index contributed by atoms with van der Waals surface area (Å²) in [6.07, 6.45) is -0.231. The van der Waals surface area contributed by atoms with Crippen LogP contribution in [0.2, 0.25) is 19.6 Å². The Labute approximate surface area is 378 Å². The van der Waals surface area contributed by atoms with Crippen LogP contribution in [0.15, 0.2) is 83.2 Å². The first-order valence-corrected chi connectivity index (χ1v) is 27.4. The van der Waals surface area contributed by atoms with Crippen LogP contribution >= 0.6 is 15.8 Å². The molecule has 0 fully saturated rings. The lowest BCUT2D eigenvalue weighted by atomic mass is 9.35. The van der Waals surface area contributed by atoms with E-state index in [4.69, 9.17) is 0 Å². The van der Waals surface area contributed by atoms with E-state index < -0.39 is 99.7 Å². The molecule has 6 aromatic carbocycles. The number of hydrogen-bond acceptors (Lipinski definition) is 0. The second-order valence-electron chi connectivity index (χ2n) is 17.8. The Balaban J connectivity index is 1.90. The number of halogens is 10. The maximum Gasteiger partial charge on any atom is 0.253 e. The van der Waals surface area contributed by atoms with Gasteiger partial charge in [-0.3, -0.25) is 0 Å². The van der Waals surface area contributed by atoms with Gasteiger partial charge in [0, 0.05) is 10.9 Å². The minimum absolute atomic E-state index is 0.0835. The Hall–Kier alpha value is -4.50. The molecule has 0 saturated carbocycles. The Morgan fingerprint density at radius 2 is 0.754 bits per heavy atom. The smallest absolute Gasteiger partial charge is 0.204 e. The standard InChI is InChI=1S/C51H49BF10P2Si/c1-26-22-30(5)49(31(6)23-26)63(50-32(7)24-27(2)25-33(50)8)21-20-34(51(65(9,10)11)64(35-18-14-12-16-28(35)3)36-19-15-13-17-29(36)4)52(37-39(53)43(57)47(61)44(58)40(37)54)38-41(55)45(59)48(62)46(60)42(38)56/h12-19,22-25H,20-21H2,1-11H3/b51-34+. The summed E-state index contributed by atoms with van der Waals surface area (Å²) in [6.45, 7) is 18.4. The van der Waals surface area contributed by atoms with E-state index in [0.29, 0.717) is 4.94 Å². The quantitative estimate of drug-likeness (QED) is 0.0377. The third-order valence-electron chi connectivity index (χ3n) is 11.8. The highest BCUT2D eigenvalue weighted by atomic mass is 31.1. The molecule has 0 aliphatic heterocycles. The highest BCUT2D eigenvalue weighted by molar-refractivity contribution is 7.80. The van der Waals surface area contributed by atoms with Crippen molar-refractivity contribution in [2.24, 2.45) is 0 Å². The molecule has 0 nitrogen and oxygen atoms in total. The van der Waals surface area contributed by atoms with E-state index in [0.717, 1.165) is 65.7 Å². The molecule has 6 rings (SSSR count). The number of aryl methyl sites for hydroxylation is 8. The lowest BCUT2D eigenvalue weighted by Gasteiger charge is -2.38. The molecule has 0 aromatic heterocycles. The Kier molecular flexibility index (Phi) is 14.9. The first kappa shape index (κ1) is 49.9. The van der Waals surface area contributed by atoms with Crippen LogP contribution in [0.3, 0.4) is 0 Å². The summed E-state index contributed by atoms with van der Waals surface area (Å²) in [6, 6.07) is 22.6. The molecular formula is C51H49BF10P2Si. The van der Waals surface area contributed by atoms with Crippen molar-refractivity contribution in [1.82, 2.24) is 0 Å². The summed E-state index contributed by atoms with van der Waals surface area (Å²) in [5, 5.41) is 3.33. The van der Waals surface area contributed by atoms with Crippen molar-refractivity contribution < 1.29 is 43.9 Å². The largest absolute Gasteiger partial charge is 0.253 e. The number of benzene rings is 6. The summed E-state index contributed by atoms with van der Waals surface area (Å²) in [4.78, 5) is 0.429. The van der Waals surface area contributed by atoms with Gasteiger partial charge in [-0.1, -0.05) is 114 Å². The van der Waals surface area contributed by atoms with Crippen molar-refractivity contribution in [2.75, 3.05) is 6.16 Å². The summed E-state index contributed by atoms with van der Waals surface area (Å²) in [5.41, 5.74) is 3.57. The van der Waals surface area contributed by atoms with E-state index in [2.05, 4.69) is 0 Å².